The molecule has 0 atom stereocenters. The second-order valence-electron chi connectivity index (χ2n) is 4.61. The smallest absolute Gasteiger partial charge is 0.191 e. The molecule has 1 aromatic heterocycles. The number of hydrogen-bond donors (Lipinski definition) is 2. The van der Waals surface area contributed by atoms with E-state index in [4.69, 9.17) is 4.42 Å². The summed E-state index contributed by atoms with van der Waals surface area (Å²) in [5, 5.41) is 6.75. The summed E-state index contributed by atoms with van der Waals surface area (Å²) >= 11 is 1.90. The Hall–Kier alpha value is -0.370. The maximum atomic E-state index is 5.32. The predicted molar refractivity (Wildman–Crippen MR) is 104 cm³/mol. The Kier molecular flexibility index (Phi) is 14.3. The lowest BCUT2D eigenvalue weighted by Crippen LogP contribution is -2.39. The first kappa shape index (κ1) is 20.6. The van der Waals surface area contributed by atoms with Gasteiger partial charge in [-0.1, -0.05) is 6.92 Å². The zero-order chi connectivity index (χ0) is 14.5. The molecule has 0 aliphatic rings. The predicted octanol–water partition coefficient (Wildman–Crippen LogP) is 3.53. The molecule has 0 saturated carbocycles. The molecule has 0 bridgehead atoms. The van der Waals surface area contributed by atoms with E-state index >= 15 is 0 Å². The Balaban J connectivity index is 0.00000400. The minimum absolute atomic E-state index is 0. The molecular formula is C15H28IN3OS. The molecule has 0 fully saturated rings. The van der Waals surface area contributed by atoms with Gasteiger partial charge in [-0.2, -0.15) is 11.8 Å². The van der Waals surface area contributed by atoms with Gasteiger partial charge in [-0.25, -0.2) is 0 Å². The normalized spacial score (nSPS) is 11.0. The highest BCUT2D eigenvalue weighted by molar-refractivity contribution is 14.0. The molecule has 21 heavy (non-hydrogen) atoms. The van der Waals surface area contributed by atoms with Gasteiger partial charge in [0.1, 0.15) is 5.76 Å². The largest absolute Gasteiger partial charge is 0.469 e. The molecule has 1 aromatic rings. The molecule has 4 nitrogen and oxygen atoms in total. The summed E-state index contributed by atoms with van der Waals surface area (Å²) in [4.78, 5) is 4.54. The van der Waals surface area contributed by atoms with Crippen molar-refractivity contribution in [2.45, 2.75) is 32.6 Å². The molecule has 2 N–H and O–H groups in total. The topological polar surface area (TPSA) is 49.6 Å². The highest BCUT2D eigenvalue weighted by Crippen LogP contribution is 2.00. The van der Waals surface area contributed by atoms with Crippen molar-refractivity contribution >= 4 is 41.7 Å². The van der Waals surface area contributed by atoms with Crippen LogP contribution < -0.4 is 10.6 Å². The van der Waals surface area contributed by atoms with E-state index in [2.05, 4.69) is 28.8 Å². The van der Waals surface area contributed by atoms with Gasteiger partial charge in [0.05, 0.1) is 6.26 Å². The highest BCUT2D eigenvalue weighted by atomic mass is 127. The maximum Gasteiger partial charge on any atom is 0.191 e. The van der Waals surface area contributed by atoms with Crippen molar-refractivity contribution in [1.29, 1.82) is 0 Å². The molecule has 0 saturated heterocycles. The third kappa shape index (κ3) is 10.9. The molecule has 1 rings (SSSR count). The van der Waals surface area contributed by atoms with Gasteiger partial charge in [0.25, 0.3) is 0 Å². The van der Waals surface area contributed by atoms with E-state index in [1.807, 2.05) is 23.9 Å². The lowest BCUT2D eigenvalue weighted by Gasteiger charge is -2.12. The lowest BCUT2D eigenvalue weighted by molar-refractivity contribution is 0.506. The summed E-state index contributed by atoms with van der Waals surface area (Å²) in [6.07, 6.45) is 8.25. The number of hydrogen-bond acceptors (Lipinski definition) is 3. The molecule has 122 valence electrons. The van der Waals surface area contributed by atoms with Crippen LogP contribution in [0.2, 0.25) is 0 Å². The fourth-order valence-electron chi connectivity index (χ4n) is 1.74. The van der Waals surface area contributed by atoms with Gasteiger partial charge in [-0.3, -0.25) is 4.99 Å². The molecule has 0 aromatic carbocycles. The van der Waals surface area contributed by atoms with E-state index in [1.54, 1.807) is 6.26 Å². The average Bonchev–Trinajstić information content (AvgIpc) is 2.97. The highest BCUT2D eigenvalue weighted by Gasteiger charge is 1.99. The summed E-state index contributed by atoms with van der Waals surface area (Å²) in [6.45, 7) is 4.83. The Morgan fingerprint density at radius 3 is 2.76 bits per heavy atom. The molecular weight excluding hydrogens is 397 g/mol. The second-order valence-corrected chi connectivity index (χ2v) is 5.60. The maximum absolute atomic E-state index is 5.32. The van der Waals surface area contributed by atoms with Crippen LogP contribution in [0.1, 0.15) is 31.9 Å². The average molecular weight is 425 g/mol. The molecule has 0 spiro atoms. The van der Waals surface area contributed by atoms with Crippen LogP contribution in [-0.4, -0.2) is 37.6 Å². The number of thioether (sulfide) groups is 1. The molecule has 0 unspecified atom stereocenters. The summed E-state index contributed by atoms with van der Waals surface area (Å²) in [7, 11) is 0. The van der Waals surface area contributed by atoms with Gasteiger partial charge >= 0.3 is 0 Å². The lowest BCUT2D eigenvalue weighted by atomic mass is 10.3. The van der Waals surface area contributed by atoms with E-state index in [0.717, 1.165) is 44.2 Å². The number of unbranched alkanes of at least 4 members (excludes halogenated alkanes) is 1. The molecule has 0 radical (unpaired) electrons. The van der Waals surface area contributed by atoms with Gasteiger partial charge in [-0.05, 0) is 43.4 Å². The Bertz CT molecular complexity index is 358. The fourth-order valence-corrected chi connectivity index (χ4v) is 2.23. The van der Waals surface area contributed by atoms with Crippen LogP contribution in [0.5, 0.6) is 0 Å². The van der Waals surface area contributed by atoms with Crippen molar-refractivity contribution in [3.8, 4) is 0 Å². The summed E-state index contributed by atoms with van der Waals surface area (Å²) in [6, 6.07) is 3.92. The fraction of sp³-hybridized carbons (Fsp3) is 0.667. The Morgan fingerprint density at radius 2 is 2.10 bits per heavy atom. The molecule has 0 aliphatic carbocycles. The van der Waals surface area contributed by atoms with Gasteiger partial charge in [-0.15, -0.1) is 24.0 Å². The Labute approximate surface area is 150 Å². The van der Waals surface area contributed by atoms with Crippen LogP contribution in [0.4, 0.5) is 0 Å². The van der Waals surface area contributed by atoms with Crippen LogP contribution >= 0.6 is 35.7 Å². The quantitative estimate of drug-likeness (QED) is 0.261. The van der Waals surface area contributed by atoms with Crippen molar-refractivity contribution in [3.63, 3.8) is 0 Å². The van der Waals surface area contributed by atoms with Crippen LogP contribution in [0.25, 0.3) is 0 Å². The van der Waals surface area contributed by atoms with Crippen molar-refractivity contribution in [3.05, 3.63) is 24.2 Å². The first-order chi connectivity index (χ1) is 9.86. The molecule has 0 aliphatic heterocycles. The van der Waals surface area contributed by atoms with Gasteiger partial charge in [0, 0.05) is 26.1 Å². The van der Waals surface area contributed by atoms with Crippen LogP contribution in [0.3, 0.4) is 0 Å². The van der Waals surface area contributed by atoms with E-state index in [-0.39, 0.29) is 24.0 Å². The van der Waals surface area contributed by atoms with E-state index in [9.17, 15) is 0 Å². The number of rotatable bonds is 10. The van der Waals surface area contributed by atoms with Crippen molar-refractivity contribution in [1.82, 2.24) is 10.6 Å². The minimum atomic E-state index is 0. The zero-order valence-corrected chi connectivity index (χ0v) is 16.2. The van der Waals surface area contributed by atoms with Crippen molar-refractivity contribution < 1.29 is 4.42 Å². The van der Waals surface area contributed by atoms with Gasteiger partial charge in [0.15, 0.2) is 5.96 Å². The summed E-state index contributed by atoms with van der Waals surface area (Å²) in [5.41, 5.74) is 0. The third-order valence-corrected chi connectivity index (χ3v) is 3.50. The number of nitrogens with zero attached hydrogens (tertiary/aromatic N) is 1. The Morgan fingerprint density at radius 1 is 1.29 bits per heavy atom. The van der Waals surface area contributed by atoms with Crippen molar-refractivity contribution in [2.75, 3.05) is 31.6 Å². The molecule has 0 amide bonds. The minimum Gasteiger partial charge on any atom is -0.469 e. The number of guanidine groups is 1. The third-order valence-electron chi connectivity index (χ3n) is 2.81. The van der Waals surface area contributed by atoms with Gasteiger partial charge in [0.2, 0.25) is 0 Å². The molecule has 1 heterocycles. The first-order valence-corrected chi connectivity index (χ1v) is 8.79. The summed E-state index contributed by atoms with van der Waals surface area (Å²) in [5.74, 6) is 3.16. The van der Waals surface area contributed by atoms with Crippen molar-refractivity contribution in [2.24, 2.45) is 4.99 Å². The monoisotopic (exact) mass is 425 g/mol. The standard InChI is InChI=1S/C15H27N3OS.HI/c1-3-9-16-15(17-10-4-5-13-20-2)18-11-8-14-7-6-12-19-14;/h6-7,12H,3-5,8-11,13H2,1-2H3,(H2,16,17,18);1H. The SMILES string of the molecule is CCCN=C(NCCCCSC)NCCc1ccco1.I. The van der Waals surface area contributed by atoms with E-state index in [1.165, 1.54) is 18.6 Å². The number of nitrogens with one attached hydrogen (secondary N) is 2. The number of furan rings is 1. The van der Waals surface area contributed by atoms with Gasteiger partial charge < -0.3 is 15.1 Å². The first-order valence-electron chi connectivity index (χ1n) is 7.40. The zero-order valence-electron chi connectivity index (χ0n) is 13.1. The van der Waals surface area contributed by atoms with Crippen LogP contribution in [0, 0.1) is 0 Å². The van der Waals surface area contributed by atoms with E-state index < -0.39 is 0 Å². The van der Waals surface area contributed by atoms with E-state index in [0.29, 0.717) is 0 Å². The number of halogens is 1. The second kappa shape index (κ2) is 14.6. The number of aliphatic imine (C=N–C) groups is 1. The van der Waals surface area contributed by atoms with Crippen LogP contribution in [0.15, 0.2) is 27.8 Å². The van der Waals surface area contributed by atoms with Crippen LogP contribution in [-0.2, 0) is 6.42 Å². The summed E-state index contributed by atoms with van der Waals surface area (Å²) < 4.78 is 5.32. The molecule has 6 heteroatoms.